The minimum Gasteiger partial charge on any atom is -0.454 e. The zero-order chi connectivity index (χ0) is 17.8. The second kappa shape index (κ2) is 7.64. The van der Waals surface area contributed by atoms with Crippen molar-refractivity contribution >= 4 is 51.2 Å². The Kier molecular flexibility index (Phi) is 5.32. The lowest BCUT2D eigenvalue weighted by molar-refractivity contribution is -0.147. The summed E-state index contributed by atoms with van der Waals surface area (Å²) in [7, 11) is 0. The molecule has 1 amide bonds. The van der Waals surface area contributed by atoms with Crippen LogP contribution in [0.25, 0.3) is 11.0 Å². The smallest absolute Gasteiger partial charge is 0.326 e. The van der Waals surface area contributed by atoms with Gasteiger partial charge in [0.05, 0.1) is 11.0 Å². The fraction of sp³-hybridized carbons (Fsp3) is 0.167. The Morgan fingerprint density at radius 1 is 1.16 bits per heavy atom. The highest BCUT2D eigenvalue weighted by molar-refractivity contribution is 14.1. The van der Waals surface area contributed by atoms with Gasteiger partial charge in [-0.3, -0.25) is 9.59 Å². The number of fused-ring (bicyclic) bond motifs is 1. The first-order chi connectivity index (χ1) is 12.0. The Labute approximate surface area is 158 Å². The zero-order valence-electron chi connectivity index (χ0n) is 13.5. The number of amides is 1. The van der Waals surface area contributed by atoms with Gasteiger partial charge < -0.3 is 14.6 Å². The number of rotatable bonds is 5. The molecule has 0 atom stereocenters. The molecule has 0 radical (unpaired) electrons. The third-order valence-corrected chi connectivity index (χ3v) is 4.34. The standard InChI is InChI=1S/C18H16IN3O3/c1-12-20-15-4-2-3-5-16(15)22(12)10-18(24)25-11-17(23)21-14-8-6-13(19)7-9-14/h2-9H,10-11H2,1H3,(H,21,23). The maximum absolute atomic E-state index is 12.1. The van der Waals surface area contributed by atoms with Gasteiger partial charge in [0, 0.05) is 9.26 Å². The van der Waals surface area contributed by atoms with Gasteiger partial charge in [0.1, 0.15) is 12.4 Å². The molecule has 0 spiro atoms. The highest BCUT2D eigenvalue weighted by Crippen LogP contribution is 2.15. The second-order valence-corrected chi connectivity index (χ2v) is 6.70. The lowest BCUT2D eigenvalue weighted by Crippen LogP contribution is -2.23. The molecule has 0 saturated heterocycles. The lowest BCUT2D eigenvalue weighted by atomic mass is 10.3. The van der Waals surface area contributed by atoms with E-state index < -0.39 is 5.97 Å². The number of carbonyl (C=O) groups is 2. The van der Waals surface area contributed by atoms with Gasteiger partial charge in [-0.1, -0.05) is 12.1 Å². The van der Waals surface area contributed by atoms with Crippen LogP contribution in [0.15, 0.2) is 48.5 Å². The Morgan fingerprint density at radius 2 is 1.88 bits per heavy atom. The summed E-state index contributed by atoms with van der Waals surface area (Å²) in [5.74, 6) is -0.132. The van der Waals surface area contributed by atoms with Crippen molar-refractivity contribution in [3.8, 4) is 0 Å². The van der Waals surface area contributed by atoms with Crippen molar-refractivity contribution in [1.29, 1.82) is 0 Å². The van der Waals surface area contributed by atoms with Crippen molar-refractivity contribution in [3.63, 3.8) is 0 Å². The number of halogens is 1. The SMILES string of the molecule is Cc1nc2ccccc2n1CC(=O)OCC(=O)Nc1ccc(I)cc1. The molecule has 6 nitrogen and oxygen atoms in total. The van der Waals surface area contributed by atoms with Crippen molar-refractivity contribution in [3.05, 3.63) is 57.9 Å². The monoisotopic (exact) mass is 449 g/mol. The maximum atomic E-state index is 12.1. The third-order valence-electron chi connectivity index (χ3n) is 3.62. The molecule has 0 bridgehead atoms. The molecule has 25 heavy (non-hydrogen) atoms. The van der Waals surface area contributed by atoms with Gasteiger partial charge >= 0.3 is 5.97 Å². The fourth-order valence-electron chi connectivity index (χ4n) is 2.45. The van der Waals surface area contributed by atoms with Gasteiger partial charge in [0.2, 0.25) is 0 Å². The summed E-state index contributed by atoms with van der Waals surface area (Å²) in [4.78, 5) is 28.3. The number of carbonyl (C=O) groups excluding carboxylic acids is 2. The van der Waals surface area contributed by atoms with Crippen LogP contribution in [0.2, 0.25) is 0 Å². The molecule has 0 aliphatic heterocycles. The number of ether oxygens (including phenoxy) is 1. The second-order valence-electron chi connectivity index (χ2n) is 5.45. The zero-order valence-corrected chi connectivity index (χ0v) is 15.7. The summed E-state index contributed by atoms with van der Waals surface area (Å²) in [5.41, 5.74) is 2.35. The molecule has 0 fully saturated rings. The Balaban J connectivity index is 1.56. The van der Waals surface area contributed by atoms with Crippen LogP contribution in [0.4, 0.5) is 5.69 Å². The van der Waals surface area contributed by atoms with Crippen molar-refractivity contribution in [2.45, 2.75) is 13.5 Å². The summed E-state index contributed by atoms with van der Waals surface area (Å²) in [6, 6.07) is 14.9. The van der Waals surface area contributed by atoms with E-state index in [4.69, 9.17) is 4.74 Å². The molecule has 0 unspecified atom stereocenters. The number of nitrogens with zero attached hydrogens (tertiary/aromatic N) is 2. The van der Waals surface area contributed by atoms with E-state index in [-0.39, 0.29) is 19.1 Å². The number of aryl methyl sites for hydroxylation is 1. The quantitative estimate of drug-likeness (QED) is 0.480. The van der Waals surface area contributed by atoms with Gasteiger partial charge in [-0.05, 0) is 65.9 Å². The van der Waals surface area contributed by atoms with Gasteiger partial charge in [0.15, 0.2) is 6.61 Å². The predicted molar refractivity (Wildman–Crippen MR) is 103 cm³/mol. The van der Waals surface area contributed by atoms with Crippen LogP contribution in [-0.4, -0.2) is 28.0 Å². The molecule has 0 saturated carbocycles. The molecule has 128 valence electrons. The summed E-state index contributed by atoms with van der Waals surface area (Å²) >= 11 is 2.18. The van der Waals surface area contributed by atoms with Crippen molar-refractivity contribution < 1.29 is 14.3 Å². The van der Waals surface area contributed by atoms with Crippen LogP contribution < -0.4 is 5.32 Å². The summed E-state index contributed by atoms with van der Waals surface area (Å²) < 4.78 is 7.92. The topological polar surface area (TPSA) is 73.2 Å². The first kappa shape index (κ1) is 17.4. The lowest BCUT2D eigenvalue weighted by Gasteiger charge is -2.08. The molecule has 0 aliphatic carbocycles. The molecule has 3 aromatic rings. The van der Waals surface area contributed by atoms with Gasteiger partial charge in [0.25, 0.3) is 5.91 Å². The highest BCUT2D eigenvalue weighted by Gasteiger charge is 2.13. The van der Waals surface area contributed by atoms with Crippen molar-refractivity contribution in [2.75, 3.05) is 11.9 Å². The van der Waals surface area contributed by atoms with Gasteiger partial charge in [-0.25, -0.2) is 4.98 Å². The molecule has 3 rings (SSSR count). The van der Waals surface area contributed by atoms with E-state index in [0.717, 1.165) is 20.4 Å². The van der Waals surface area contributed by atoms with Crippen LogP contribution in [-0.2, 0) is 20.9 Å². The molecule has 1 heterocycles. The first-order valence-corrected chi connectivity index (χ1v) is 8.74. The van der Waals surface area contributed by atoms with Crippen LogP contribution in [0.5, 0.6) is 0 Å². The van der Waals surface area contributed by atoms with E-state index in [9.17, 15) is 9.59 Å². The molecule has 2 aromatic carbocycles. The van der Waals surface area contributed by atoms with E-state index in [2.05, 4.69) is 32.9 Å². The third kappa shape index (κ3) is 4.36. The van der Waals surface area contributed by atoms with E-state index >= 15 is 0 Å². The van der Waals surface area contributed by atoms with Gasteiger partial charge in [-0.2, -0.15) is 0 Å². The fourth-order valence-corrected chi connectivity index (χ4v) is 2.81. The van der Waals surface area contributed by atoms with Gasteiger partial charge in [-0.15, -0.1) is 0 Å². The van der Waals surface area contributed by atoms with E-state index in [1.165, 1.54) is 0 Å². The van der Waals surface area contributed by atoms with E-state index in [1.54, 1.807) is 16.7 Å². The van der Waals surface area contributed by atoms with Crippen LogP contribution >= 0.6 is 22.6 Å². The average molecular weight is 449 g/mol. The number of imidazole rings is 1. The molecule has 1 aromatic heterocycles. The van der Waals surface area contributed by atoms with E-state index in [0.29, 0.717) is 5.69 Å². The predicted octanol–water partition coefficient (Wildman–Crippen LogP) is 3.13. The number of esters is 1. The Morgan fingerprint density at radius 3 is 2.64 bits per heavy atom. The maximum Gasteiger partial charge on any atom is 0.326 e. The molecule has 1 N–H and O–H groups in total. The minimum atomic E-state index is -0.482. The van der Waals surface area contributed by atoms with Crippen LogP contribution in [0.3, 0.4) is 0 Å². The largest absolute Gasteiger partial charge is 0.454 e. The van der Waals surface area contributed by atoms with Crippen LogP contribution in [0, 0.1) is 10.5 Å². The summed E-state index contributed by atoms with van der Waals surface area (Å²) in [5, 5.41) is 2.69. The van der Waals surface area contributed by atoms with Crippen molar-refractivity contribution in [2.24, 2.45) is 0 Å². The number of nitrogens with one attached hydrogen (secondary N) is 1. The Hall–Kier alpha value is -2.42. The number of hydrogen-bond acceptors (Lipinski definition) is 4. The normalized spacial score (nSPS) is 10.6. The molecule has 0 aliphatic rings. The number of benzene rings is 2. The number of para-hydroxylation sites is 2. The molecular weight excluding hydrogens is 433 g/mol. The Bertz CT molecular complexity index is 919. The summed E-state index contributed by atoms with van der Waals surface area (Å²) in [6.07, 6.45) is 0. The van der Waals surface area contributed by atoms with Crippen molar-refractivity contribution in [1.82, 2.24) is 9.55 Å². The minimum absolute atomic E-state index is 0.0170. The average Bonchev–Trinajstić information content (AvgIpc) is 2.91. The molecular formula is C18H16IN3O3. The van der Waals surface area contributed by atoms with Crippen LogP contribution in [0.1, 0.15) is 5.82 Å². The summed E-state index contributed by atoms with van der Waals surface area (Å²) in [6.45, 7) is 1.52. The first-order valence-electron chi connectivity index (χ1n) is 7.66. The molecule has 7 heteroatoms. The number of aromatic nitrogens is 2. The number of anilines is 1. The highest BCUT2D eigenvalue weighted by atomic mass is 127. The number of hydrogen-bond donors (Lipinski definition) is 1. The van der Waals surface area contributed by atoms with E-state index in [1.807, 2.05) is 43.3 Å².